The molecule has 2 aromatic rings. The van der Waals surface area contributed by atoms with Gasteiger partial charge in [0.05, 0.1) is 5.69 Å². The summed E-state index contributed by atoms with van der Waals surface area (Å²) in [4.78, 5) is 0. The summed E-state index contributed by atoms with van der Waals surface area (Å²) in [5, 5.41) is 0. The van der Waals surface area contributed by atoms with E-state index in [9.17, 15) is 4.39 Å². The molecule has 2 rings (SSSR count). The molecule has 0 aromatic heterocycles. The number of nitrogens with two attached hydrogens (primary N) is 1. The van der Waals surface area contributed by atoms with E-state index in [1.165, 1.54) is 18.2 Å². The van der Waals surface area contributed by atoms with Gasteiger partial charge in [-0.15, -0.1) is 0 Å². The second-order valence-electron chi connectivity index (χ2n) is 3.85. The summed E-state index contributed by atoms with van der Waals surface area (Å²) in [7, 11) is 0. The van der Waals surface area contributed by atoms with Crippen molar-refractivity contribution in [2.45, 2.75) is 13.0 Å². The van der Waals surface area contributed by atoms with Crippen molar-refractivity contribution in [2.75, 3.05) is 5.73 Å². The van der Waals surface area contributed by atoms with Crippen LogP contribution in [0.5, 0.6) is 5.75 Å². The van der Waals surface area contributed by atoms with Crippen molar-refractivity contribution in [3.05, 3.63) is 59.9 Å². The Morgan fingerprint density at radius 3 is 2.53 bits per heavy atom. The maximum Gasteiger partial charge on any atom is 0.146 e. The minimum atomic E-state index is -0.352. The van der Waals surface area contributed by atoms with Gasteiger partial charge in [-0.3, -0.25) is 0 Å². The fourth-order valence-electron chi connectivity index (χ4n) is 1.59. The van der Waals surface area contributed by atoms with Gasteiger partial charge in [0.1, 0.15) is 17.7 Å². The van der Waals surface area contributed by atoms with Crippen LogP contribution in [0.15, 0.2) is 48.5 Å². The van der Waals surface area contributed by atoms with E-state index in [0.29, 0.717) is 11.4 Å². The van der Waals surface area contributed by atoms with E-state index in [1.54, 1.807) is 0 Å². The van der Waals surface area contributed by atoms with Crippen LogP contribution in [-0.4, -0.2) is 0 Å². The van der Waals surface area contributed by atoms with Crippen LogP contribution < -0.4 is 10.5 Å². The molecule has 2 nitrogen and oxygen atoms in total. The second-order valence-corrected chi connectivity index (χ2v) is 3.85. The maximum absolute atomic E-state index is 13.1. The molecule has 0 aliphatic heterocycles. The first kappa shape index (κ1) is 11.5. The molecule has 88 valence electrons. The van der Waals surface area contributed by atoms with Gasteiger partial charge in [-0.2, -0.15) is 0 Å². The molecular weight excluding hydrogens is 217 g/mol. The Balaban J connectivity index is 2.18. The monoisotopic (exact) mass is 231 g/mol. The van der Waals surface area contributed by atoms with Crippen molar-refractivity contribution >= 4 is 5.69 Å². The molecule has 0 aliphatic rings. The lowest BCUT2D eigenvalue weighted by molar-refractivity contribution is 0.227. The summed E-state index contributed by atoms with van der Waals surface area (Å²) >= 11 is 0. The first-order chi connectivity index (χ1) is 8.16. The number of rotatable bonds is 3. The third-order valence-electron chi connectivity index (χ3n) is 2.55. The van der Waals surface area contributed by atoms with Crippen LogP contribution in [0.3, 0.4) is 0 Å². The molecule has 1 unspecified atom stereocenters. The first-order valence-corrected chi connectivity index (χ1v) is 5.43. The molecule has 0 heterocycles. The topological polar surface area (TPSA) is 35.2 Å². The number of ether oxygens (including phenoxy) is 1. The van der Waals surface area contributed by atoms with E-state index in [-0.39, 0.29) is 11.9 Å². The SMILES string of the molecule is CC(Oc1cc(F)ccc1N)c1ccccc1. The molecule has 0 bridgehead atoms. The van der Waals surface area contributed by atoms with Gasteiger partial charge in [0.2, 0.25) is 0 Å². The summed E-state index contributed by atoms with van der Waals surface area (Å²) in [6.07, 6.45) is -0.166. The van der Waals surface area contributed by atoms with Gasteiger partial charge in [-0.1, -0.05) is 30.3 Å². The summed E-state index contributed by atoms with van der Waals surface area (Å²) in [6.45, 7) is 1.90. The summed E-state index contributed by atoms with van der Waals surface area (Å²) < 4.78 is 18.7. The molecule has 0 spiro atoms. The molecule has 0 saturated carbocycles. The van der Waals surface area contributed by atoms with E-state index in [0.717, 1.165) is 5.56 Å². The number of anilines is 1. The Morgan fingerprint density at radius 2 is 1.82 bits per heavy atom. The van der Waals surface area contributed by atoms with Gasteiger partial charge < -0.3 is 10.5 Å². The number of hydrogen-bond donors (Lipinski definition) is 1. The highest BCUT2D eigenvalue weighted by Crippen LogP contribution is 2.27. The van der Waals surface area contributed by atoms with Crippen molar-refractivity contribution in [3.63, 3.8) is 0 Å². The van der Waals surface area contributed by atoms with Crippen LogP contribution in [0.4, 0.5) is 10.1 Å². The number of halogens is 1. The standard InChI is InChI=1S/C14H14FNO/c1-10(11-5-3-2-4-6-11)17-14-9-12(15)7-8-13(14)16/h2-10H,16H2,1H3. The highest BCUT2D eigenvalue weighted by Gasteiger charge is 2.09. The summed E-state index contributed by atoms with van der Waals surface area (Å²) in [5.41, 5.74) is 7.19. The molecule has 0 fully saturated rings. The van der Waals surface area contributed by atoms with Crippen LogP contribution in [0.25, 0.3) is 0 Å². The Bertz CT molecular complexity index is 499. The predicted octanol–water partition coefficient (Wildman–Crippen LogP) is 3.55. The molecule has 2 N–H and O–H groups in total. The average molecular weight is 231 g/mol. The normalized spacial score (nSPS) is 12.1. The number of benzene rings is 2. The lowest BCUT2D eigenvalue weighted by Crippen LogP contribution is -2.05. The molecule has 17 heavy (non-hydrogen) atoms. The number of hydrogen-bond acceptors (Lipinski definition) is 2. The van der Waals surface area contributed by atoms with Gasteiger partial charge in [0.15, 0.2) is 0 Å². The van der Waals surface area contributed by atoms with Crippen LogP contribution in [0.1, 0.15) is 18.6 Å². The third kappa shape index (κ3) is 2.75. The van der Waals surface area contributed by atoms with Crippen LogP contribution in [-0.2, 0) is 0 Å². The zero-order valence-corrected chi connectivity index (χ0v) is 9.56. The van der Waals surface area contributed by atoms with Gasteiger partial charge in [0.25, 0.3) is 0 Å². The quantitative estimate of drug-likeness (QED) is 0.820. The van der Waals surface area contributed by atoms with Gasteiger partial charge in [-0.25, -0.2) is 4.39 Å². The Kier molecular flexibility index (Phi) is 3.28. The smallest absolute Gasteiger partial charge is 0.146 e. The zero-order valence-electron chi connectivity index (χ0n) is 9.56. The third-order valence-corrected chi connectivity index (χ3v) is 2.55. The summed E-state index contributed by atoms with van der Waals surface area (Å²) in [6, 6.07) is 13.8. The minimum absolute atomic E-state index is 0.166. The molecule has 2 aromatic carbocycles. The van der Waals surface area contributed by atoms with E-state index in [1.807, 2.05) is 37.3 Å². The van der Waals surface area contributed by atoms with E-state index in [4.69, 9.17) is 10.5 Å². The van der Waals surface area contributed by atoms with Crippen molar-refractivity contribution in [1.82, 2.24) is 0 Å². The molecular formula is C14H14FNO. The zero-order chi connectivity index (χ0) is 12.3. The van der Waals surface area contributed by atoms with E-state index >= 15 is 0 Å². The van der Waals surface area contributed by atoms with Crippen molar-refractivity contribution in [2.24, 2.45) is 0 Å². The molecule has 0 radical (unpaired) electrons. The number of nitrogen functional groups attached to an aromatic ring is 1. The highest BCUT2D eigenvalue weighted by molar-refractivity contribution is 5.52. The average Bonchev–Trinajstić information content (AvgIpc) is 2.35. The molecule has 3 heteroatoms. The lowest BCUT2D eigenvalue weighted by atomic mass is 10.1. The maximum atomic E-state index is 13.1. The summed E-state index contributed by atoms with van der Waals surface area (Å²) in [5.74, 6) is 0.0239. The lowest BCUT2D eigenvalue weighted by Gasteiger charge is -2.16. The predicted molar refractivity (Wildman–Crippen MR) is 66.3 cm³/mol. The Hall–Kier alpha value is -2.03. The molecule has 0 amide bonds. The van der Waals surface area contributed by atoms with Crippen LogP contribution >= 0.6 is 0 Å². The van der Waals surface area contributed by atoms with Crippen LogP contribution in [0.2, 0.25) is 0 Å². The molecule has 0 aliphatic carbocycles. The van der Waals surface area contributed by atoms with Crippen LogP contribution in [0, 0.1) is 5.82 Å². The van der Waals surface area contributed by atoms with E-state index < -0.39 is 0 Å². The van der Waals surface area contributed by atoms with Gasteiger partial charge >= 0.3 is 0 Å². The Morgan fingerprint density at radius 1 is 1.12 bits per heavy atom. The first-order valence-electron chi connectivity index (χ1n) is 5.43. The second kappa shape index (κ2) is 4.87. The van der Waals surface area contributed by atoms with Gasteiger partial charge in [-0.05, 0) is 24.6 Å². The fraction of sp³-hybridized carbons (Fsp3) is 0.143. The minimum Gasteiger partial charge on any atom is -0.484 e. The highest BCUT2D eigenvalue weighted by atomic mass is 19.1. The fourth-order valence-corrected chi connectivity index (χ4v) is 1.59. The van der Waals surface area contributed by atoms with Crippen molar-refractivity contribution in [1.29, 1.82) is 0 Å². The molecule has 0 saturated heterocycles. The van der Waals surface area contributed by atoms with Crippen molar-refractivity contribution in [3.8, 4) is 5.75 Å². The largest absolute Gasteiger partial charge is 0.484 e. The van der Waals surface area contributed by atoms with Crippen molar-refractivity contribution < 1.29 is 9.13 Å². The van der Waals surface area contributed by atoms with Gasteiger partial charge in [0, 0.05) is 6.07 Å². The Labute approximate surface area is 99.8 Å². The molecule has 1 atom stereocenters. The van der Waals surface area contributed by atoms with E-state index in [2.05, 4.69) is 0 Å².